The lowest BCUT2D eigenvalue weighted by atomic mass is 9.83. The van der Waals surface area contributed by atoms with Gasteiger partial charge < -0.3 is 14.8 Å². The fourth-order valence-corrected chi connectivity index (χ4v) is 2.89. The Kier molecular flexibility index (Phi) is 4.22. The molecule has 16 heavy (non-hydrogen) atoms. The molecular weight excluding hydrogens is 202 g/mol. The summed E-state index contributed by atoms with van der Waals surface area (Å²) >= 11 is 0. The third-order valence-electron chi connectivity index (χ3n) is 4.29. The molecule has 3 nitrogen and oxygen atoms in total. The van der Waals surface area contributed by atoms with E-state index in [-0.39, 0.29) is 5.60 Å². The van der Waals surface area contributed by atoms with Crippen molar-refractivity contribution in [1.29, 1.82) is 0 Å². The standard InChI is InChI=1S/C13H25NO2/c1-14-12(6-5-11-3-4-11)13(15-2)7-9-16-10-8-13/h11-12,14H,3-10H2,1-2H3. The lowest BCUT2D eigenvalue weighted by Crippen LogP contribution is -2.54. The Labute approximate surface area is 98.9 Å². The van der Waals surface area contributed by atoms with Crippen LogP contribution in [0.2, 0.25) is 0 Å². The first kappa shape index (κ1) is 12.3. The van der Waals surface area contributed by atoms with Crippen molar-refractivity contribution in [2.75, 3.05) is 27.4 Å². The molecule has 1 N–H and O–H groups in total. The molecule has 1 saturated carbocycles. The molecule has 0 aromatic carbocycles. The second-order valence-electron chi connectivity index (χ2n) is 5.24. The number of hydrogen-bond donors (Lipinski definition) is 1. The molecule has 2 aliphatic rings. The molecule has 0 spiro atoms. The Hall–Kier alpha value is -0.120. The minimum atomic E-state index is 0.0158. The van der Waals surface area contributed by atoms with Crippen LogP contribution >= 0.6 is 0 Å². The molecule has 0 amide bonds. The van der Waals surface area contributed by atoms with Gasteiger partial charge in [-0.15, -0.1) is 0 Å². The smallest absolute Gasteiger partial charge is 0.0874 e. The fourth-order valence-electron chi connectivity index (χ4n) is 2.89. The van der Waals surface area contributed by atoms with Gasteiger partial charge in [0, 0.05) is 39.2 Å². The molecule has 1 unspecified atom stereocenters. The highest BCUT2D eigenvalue weighted by molar-refractivity contribution is 4.95. The number of nitrogens with one attached hydrogen (secondary N) is 1. The molecule has 0 bridgehead atoms. The topological polar surface area (TPSA) is 30.5 Å². The van der Waals surface area contributed by atoms with Crippen LogP contribution in [0.1, 0.15) is 38.5 Å². The third-order valence-corrected chi connectivity index (χ3v) is 4.29. The largest absolute Gasteiger partial charge is 0.381 e. The Morgan fingerprint density at radius 1 is 1.38 bits per heavy atom. The maximum absolute atomic E-state index is 5.84. The Balaban J connectivity index is 1.91. The van der Waals surface area contributed by atoms with Crippen LogP contribution in [0.15, 0.2) is 0 Å². The first-order valence-corrected chi connectivity index (χ1v) is 6.61. The summed E-state index contributed by atoms with van der Waals surface area (Å²) < 4.78 is 11.3. The molecule has 2 fully saturated rings. The third kappa shape index (κ3) is 2.76. The zero-order valence-corrected chi connectivity index (χ0v) is 10.6. The van der Waals surface area contributed by atoms with E-state index in [4.69, 9.17) is 9.47 Å². The van der Waals surface area contributed by atoms with Crippen molar-refractivity contribution >= 4 is 0 Å². The summed E-state index contributed by atoms with van der Waals surface area (Å²) in [4.78, 5) is 0. The fraction of sp³-hybridized carbons (Fsp3) is 1.00. The van der Waals surface area contributed by atoms with Crippen LogP contribution in [-0.2, 0) is 9.47 Å². The van der Waals surface area contributed by atoms with E-state index in [1.165, 1.54) is 25.7 Å². The van der Waals surface area contributed by atoms with Gasteiger partial charge in [-0.05, 0) is 25.8 Å². The number of ether oxygens (including phenoxy) is 2. The molecule has 2 rings (SSSR count). The molecule has 0 radical (unpaired) electrons. The number of likely N-dealkylation sites (N-methyl/N-ethyl adjacent to an activating group) is 1. The van der Waals surface area contributed by atoms with Gasteiger partial charge in [0.2, 0.25) is 0 Å². The van der Waals surface area contributed by atoms with Crippen molar-refractivity contribution < 1.29 is 9.47 Å². The molecule has 0 aromatic heterocycles. The quantitative estimate of drug-likeness (QED) is 0.752. The Morgan fingerprint density at radius 2 is 2.06 bits per heavy atom. The van der Waals surface area contributed by atoms with Crippen molar-refractivity contribution in [3.63, 3.8) is 0 Å². The van der Waals surface area contributed by atoms with Crippen molar-refractivity contribution in [1.82, 2.24) is 5.32 Å². The normalized spacial score (nSPS) is 26.6. The molecular formula is C13H25NO2. The molecule has 3 heteroatoms. The van der Waals surface area contributed by atoms with E-state index in [0.29, 0.717) is 6.04 Å². The second-order valence-corrected chi connectivity index (χ2v) is 5.24. The Morgan fingerprint density at radius 3 is 2.56 bits per heavy atom. The Bertz CT molecular complexity index is 210. The summed E-state index contributed by atoms with van der Waals surface area (Å²) in [5, 5.41) is 3.47. The summed E-state index contributed by atoms with van der Waals surface area (Å²) in [5.41, 5.74) is 0.0158. The predicted molar refractivity (Wildman–Crippen MR) is 64.6 cm³/mol. The van der Waals surface area contributed by atoms with Crippen LogP contribution in [-0.4, -0.2) is 39.0 Å². The van der Waals surface area contributed by atoms with Gasteiger partial charge in [-0.3, -0.25) is 0 Å². The van der Waals surface area contributed by atoms with Gasteiger partial charge in [0.05, 0.1) is 5.60 Å². The highest BCUT2D eigenvalue weighted by Gasteiger charge is 2.40. The van der Waals surface area contributed by atoms with Gasteiger partial charge in [-0.2, -0.15) is 0 Å². The average molecular weight is 227 g/mol. The number of hydrogen-bond acceptors (Lipinski definition) is 3. The summed E-state index contributed by atoms with van der Waals surface area (Å²) in [6.45, 7) is 1.69. The SMILES string of the molecule is CNC(CCC1CC1)C1(OC)CCOCC1. The van der Waals surface area contributed by atoms with E-state index in [2.05, 4.69) is 12.4 Å². The summed E-state index contributed by atoms with van der Waals surface area (Å²) in [5.74, 6) is 1.00. The van der Waals surface area contributed by atoms with E-state index in [1.54, 1.807) is 0 Å². The highest BCUT2D eigenvalue weighted by Crippen LogP contribution is 2.37. The average Bonchev–Trinajstić information content (AvgIpc) is 3.15. The van der Waals surface area contributed by atoms with Gasteiger partial charge in [-0.25, -0.2) is 0 Å². The molecule has 1 aliphatic heterocycles. The zero-order chi connectivity index (χ0) is 11.4. The van der Waals surface area contributed by atoms with Gasteiger partial charge in [-0.1, -0.05) is 12.8 Å². The van der Waals surface area contributed by atoms with Crippen LogP contribution in [0.4, 0.5) is 0 Å². The molecule has 1 aliphatic carbocycles. The van der Waals surface area contributed by atoms with Crippen LogP contribution in [0.5, 0.6) is 0 Å². The minimum absolute atomic E-state index is 0.0158. The van der Waals surface area contributed by atoms with Crippen molar-refractivity contribution in [2.45, 2.75) is 50.2 Å². The first-order chi connectivity index (χ1) is 7.80. The highest BCUT2D eigenvalue weighted by atomic mass is 16.5. The molecule has 94 valence electrons. The van der Waals surface area contributed by atoms with Crippen LogP contribution in [0.3, 0.4) is 0 Å². The lowest BCUT2D eigenvalue weighted by molar-refractivity contribution is -0.111. The predicted octanol–water partition coefficient (Wildman–Crippen LogP) is 1.96. The van der Waals surface area contributed by atoms with Crippen molar-refractivity contribution in [2.24, 2.45) is 5.92 Å². The van der Waals surface area contributed by atoms with Crippen LogP contribution in [0.25, 0.3) is 0 Å². The molecule has 0 aromatic rings. The van der Waals surface area contributed by atoms with Gasteiger partial charge in [0.25, 0.3) is 0 Å². The minimum Gasteiger partial charge on any atom is -0.381 e. The van der Waals surface area contributed by atoms with Crippen LogP contribution in [0, 0.1) is 5.92 Å². The van der Waals surface area contributed by atoms with Crippen molar-refractivity contribution in [3.8, 4) is 0 Å². The first-order valence-electron chi connectivity index (χ1n) is 6.61. The number of methoxy groups -OCH3 is 1. The molecule has 1 heterocycles. The summed E-state index contributed by atoms with van der Waals surface area (Å²) in [6, 6.07) is 0.488. The number of rotatable bonds is 6. The van der Waals surface area contributed by atoms with E-state index in [0.717, 1.165) is 32.0 Å². The van der Waals surface area contributed by atoms with Gasteiger partial charge in [0.15, 0.2) is 0 Å². The van der Waals surface area contributed by atoms with Gasteiger partial charge >= 0.3 is 0 Å². The van der Waals surface area contributed by atoms with E-state index in [9.17, 15) is 0 Å². The molecule has 1 atom stereocenters. The maximum Gasteiger partial charge on any atom is 0.0874 e. The van der Waals surface area contributed by atoms with Crippen molar-refractivity contribution in [3.05, 3.63) is 0 Å². The van der Waals surface area contributed by atoms with Gasteiger partial charge in [0.1, 0.15) is 0 Å². The summed E-state index contributed by atoms with van der Waals surface area (Å²) in [6.07, 6.45) is 7.55. The summed E-state index contributed by atoms with van der Waals surface area (Å²) in [7, 11) is 3.92. The lowest BCUT2D eigenvalue weighted by Gasteiger charge is -2.42. The van der Waals surface area contributed by atoms with E-state index < -0.39 is 0 Å². The van der Waals surface area contributed by atoms with E-state index >= 15 is 0 Å². The second kappa shape index (κ2) is 5.48. The van der Waals surface area contributed by atoms with E-state index in [1.807, 2.05) is 7.11 Å². The maximum atomic E-state index is 5.84. The molecule has 1 saturated heterocycles. The zero-order valence-electron chi connectivity index (χ0n) is 10.6. The monoisotopic (exact) mass is 227 g/mol. The van der Waals surface area contributed by atoms with Crippen LogP contribution < -0.4 is 5.32 Å².